The Kier molecular flexibility index (Phi) is 4.47. The van der Waals surface area contributed by atoms with Crippen LogP contribution >= 0.6 is 0 Å². The minimum absolute atomic E-state index is 0.0213. The van der Waals surface area contributed by atoms with Crippen LogP contribution in [0.25, 0.3) is 0 Å². The van der Waals surface area contributed by atoms with Gasteiger partial charge in [0.1, 0.15) is 5.75 Å². The largest absolute Gasteiger partial charge is 0.508 e. The summed E-state index contributed by atoms with van der Waals surface area (Å²) in [4.78, 5) is 22.1. The van der Waals surface area contributed by atoms with Crippen LogP contribution in [0.5, 0.6) is 5.75 Å². The zero-order valence-corrected chi connectivity index (χ0v) is 11.7. The second-order valence-electron chi connectivity index (χ2n) is 4.50. The van der Waals surface area contributed by atoms with Gasteiger partial charge in [-0.25, -0.2) is 5.43 Å². The fourth-order valence-corrected chi connectivity index (χ4v) is 1.76. The molecule has 2 aromatic rings. The third kappa shape index (κ3) is 3.66. The molecule has 7 nitrogen and oxygen atoms in total. The van der Waals surface area contributed by atoms with E-state index >= 15 is 0 Å². The molecule has 0 saturated carbocycles. The summed E-state index contributed by atoms with van der Waals surface area (Å²) in [5, 5.41) is 24.0. The monoisotopic (exact) mass is 299 g/mol. The number of rotatable bonds is 4. The molecule has 0 saturated heterocycles. The highest BCUT2D eigenvalue weighted by Gasteiger charge is 2.09. The van der Waals surface area contributed by atoms with Gasteiger partial charge in [0, 0.05) is 23.3 Å². The summed E-state index contributed by atoms with van der Waals surface area (Å²) in [5.74, 6) is -0.507. The van der Waals surface area contributed by atoms with E-state index in [1.54, 1.807) is 25.1 Å². The van der Waals surface area contributed by atoms with Crippen molar-refractivity contribution in [3.05, 3.63) is 69.8 Å². The number of nitrogens with one attached hydrogen (secondary N) is 1. The molecular weight excluding hydrogens is 286 g/mol. The molecular formula is C15H13N3O4. The molecule has 0 aliphatic rings. The Hall–Kier alpha value is -3.22. The van der Waals surface area contributed by atoms with E-state index in [1.807, 2.05) is 0 Å². The lowest BCUT2D eigenvalue weighted by Crippen LogP contribution is -2.19. The van der Waals surface area contributed by atoms with Gasteiger partial charge in [0.15, 0.2) is 0 Å². The van der Waals surface area contributed by atoms with Crippen molar-refractivity contribution in [3.63, 3.8) is 0 Å². The zero-order valence-electron chi connectivity index (χ0n) is 11.7. The minimum Gasteiger partial charge on any atom is -0.508 e. The number of carbonyl (C=O) groups is 1. The van der Waals surface area contributed by atoms with E-state index in [0.717, 1.165) is 0 Å². The Morgan fingerprint density at radius 3 is 2.55 bits per heavy atom. The van der Waals surface area contributed by atoms with Crippen molar-refractivity contribution in [1.29, 1.82) is 0 Å². The van der Waals surface area contributed by atoms with Crippen molar-refractivity contribution >= 4 is 17.3 Å². The van der Waals surface area contributed by atoms with E-state index < -0.39 is 10.8 Å². The van der Waals surface area contributed by atoms with Crippen molar-refractivity contribution in [2.75, 3.05) is 0 Å². The van der Waals surface area contributed by atoms with Crippen molar-refractivity contribution in [2.24, 2.45) is 5.10 Å². The van der Waals surface area contributed by atoms with E-state index in [4.69, 9.17) is 0 Å². The maximum absolute atomic E-state index is 11.9. The highest BCUT2D eigenvalue weighted by atomic mass is 16.6. The summed E-state index contributed by atoms with van der Waals surface area (Å²) >= 11 is 0. The topological polar surface area (TPSA) is 105 Å². The first kappa shape index (κ1) is 15.2. The molecule has 22 heavy (non-hydrogen) atoms. The number of hydrogen-bond acceptors (Lipinski definition) is 5. The number of nitro benzene ring substituents is 1. The van der Waals surface area contributed by atoms with Gasteiger partial charge >= 0.3 is 0 Å². The van der Waals surface area contributed by atoms with E-state index in [0.29, 0.717) is 11.3 Å². The van der Waals surface area contributed by atoms with Crippen LogP contribution in [-0.4, -0.2) is 21.6 Å². The third-order valence-corrected chi connectivity index (χ3v) is 2.91. The smallest absolute Gasteiger partial charge is 0.271 e. The van der Waals surface area contributed by atoms with Crippen molar-refractivity contribution in [2.45, 2.75) is 6.92 Å². The first-order chi connectivity index (χ1) is 10.5. The SMILES string of the molecule is C/C(=N/NC(=O)c1cccc(O)c1)c1cccc([N+](=O)[O-])c1. The molecule has 0 heterocycles. The summed E-state index contributed by atoms with van der Waals surface area (Å²) in [6, 6.07) is 11.8. The molecule has 0 unspecified atom stereocenters. The number of nitrogens with zero attached hydrogens (tertiary/aromatic N) is 2. The van der Waals surface area contributed by atoms with Gasteiger partial charge in [-0.3, -0.25) is 14.9 Å². The maximum atomic E-state index is 11.9. The fraction of sp³-hybridized carbons (Fsp3) is 0.0667. The maximum Gasteiger partial charge on any atom is 0.271 e. The first-order valence-corrected chi connectivity index (χ1v) is 6.36. The average molecular weight is 299 g/mol. The van der Waals surface area contributed by atoms with Crippen LogP contribution in [0.3, 0.4) is 0 Å². The number of phenols is 1. The molecule has 0 atom stereocenters. The number of benzene rings is 2. The Labute approximate surface area is 126 Å². The number of phenolic OH excluding ortho intramolecular Hbond substituents is 1. The molecule has 2 N–H and O–H groups in total. The molecule has 0 spiro atoms. The van der Waals surface area contributed by atoms with Gasteiger partial charge in [0.05, 0.1) is 10.6 Å². The van der Waals surface area contributed by atoms with Gasteiger partial charge in [0.25, 0.3) is 11.6 Å². The van der Waals surface area contributed by atoms with Crippen LogP contribution in [0.4, 0.5) is 5.69 Å². The molecule has 0 bridgehead atoms. The highest BCUT2D eigenvalue weighted by Crippen LogP contribution is 2.14. The molecule has 0 aromatic heterocycles. The molecule has 0 aliphatic heterocycles. The minimum atomic E-state index is -0.498. The van der Waals surface area contributed by atoms with E-state index in [1.165, 1.54) is 30.3 Å². The Bertz CT molecular complexity index is 756. The number of hydrogen-bond donors (Lipinski definition) is 2. The van der Waals surface area contributed by atoms with Gasteiger partial charge < -0.3 is 5.11 Å². The van der Waals surface area contributed by atoms with E-state index in [2.05, 4.69) is 10.5 Å². The lowest BCUT2D eigenvalue weighted by molar-refractivity contribution is -0.384. The number of aromatic hydroxyl groups is 1. The summed E-state index contributed by atoms with van der Waals surface area (Å²) in [6.07, 6.45) is 0. The Morgan fingerprint density at radius 2 is 1.86 bits per heavy atom. The molecule has 2 rings (SSSR count). The Balaban J connectivity index is 2.14. The third-order valence-electron chi connectivity index (χ3n) is 2.91. The lowest BCUT2D eigenvalue weighted by atomic mass is 10.1. The summed E-state index contributed by atoms with van der Waals surface area (Å²) in [7, 11) is 0. The van der Waals surface area contributed by atoms with Crippen LogP contribution in [0.2, 0.25) is 0 Å². The molecule has 0 fully saturated rings. The lowest BCUT2D eigenvalue weighted by Gasteiger charge is -2.03. The van der Waals surface area contributed by atoms with Crippen LogP contribution in [0.1, 0.15) is 22.8 Å². The van der Waals surface area contributed by atoms with Crippen LogP contribution in [-0.2, 0) is 0 Å². The highest BCUT2D eigenvalue weighted by molar-refractivity contribution is 6.01. The average Bonchev–Trinajstić information content (AvgIpc) is 2.52. The van der Waals surface area contributed by atoms with Crippen LogP contribution in [0, 0.1) is 10.1 Å². The van der Waals surface area contributed by atoms with Gasteiger partial charge in [-0.1, -0.05) is 18.2 Å². The van der Waals surface area contributed by atoms with Gasteiger partial charge in [-0.15, -0.1) is 0 Å². The van der Waals surface area contributed by atoms with Crippen molar-refractivity contribution < 1.29 is 14.8 Å². The number of non-ortho nitro benzene ring substituents is 1. The number of amides is 1. The van der Waals surface area contributed by atoms with Gasteiger partial charge in [-0.05, 0) is 25.1 Å². The van der Waals surface area contributed by atoms with Crippen molar-refractivity contribution in [1.82, 2.24) is 5.43 Å². The molecule has 112 valence electrons. The molecule has 0 aliphatic carbocycles. The van der Waals surface area contributed by atoms with Gasteiger partial charge in [-0.2, -0.15) is 5.10 Å². The van der Waals surface area contributed by atoms with E-state index in [-0.39, 0.29) is 17.0 Å². The second-order valence-corrected chi connectivity index (χ2v) is 4.50. The van der Waals surface area contributed by atoms with Crippen LogP contribution < -0.4 is 5.43 Å². The standard InChI is InChI=1S/C15H13N3O4/c1-10(11-4-2-6-13(8-11)18(21)22)16-17-15(20)12-5-3-7-14(19)9-12/h2-9,19H,1H3,(H,17,20)/b16-10-. The summed E-state index contributed by atoms with van der Waals surface area (Å²) in [5.41, 5.74) is 3.51. The van der Waals surface area contributed by atoms with E-state index in [9.17, 15) is 20.0 Å². The normalized spacial score (nSPS) is 11.0. The fourth-order valence-electron chi connectivity index (χ4n) is 1.76. The number of hydrazone groups is 1. The summed E-state index contributed by atoms with van der Waals surface area (Å²) < 4.78 is 0. The first-order valence-electron chi connectivity index (χ1n) is 6.36. The van der Waals surface area contributed by atoms with Crippen LogP contribution in [0.15, 0.2) is 53.6 Å². The van der Waals surface area contributed by atoms with Gasteiger partial charge in [0.2, 0.25) is 0 Å². The quantitative estimate of drug-likeness (QED) is 0.514. The Morgan fingerprint density at radius 1 is 1.18 bits per heavy atom. The zero-order chi connectivity index (χ0) is 16.1. The molecule has 0 radical (unpaired) electrons. The number of nitro groups is 1. The number of carbonyl (C=O) groups excluding carboxylic acids is 1. The summed E-state index contributed by atoms with van der Waals surface area (Å²) in [6.45, 7) is 1.63. The predicted octanol–water partition coefficient (Wildman–Crippen LogP) is 2.45. The second kappa shape index (κ2) is 6.49. The molecule has 1 amide bonds. The van der Waals surface area contributed by atoms with Crippen molar-refractivity contribution in [3.8, 4) is 5.75 Å². The predicted molar refractivity (Wildman–Crippen MR) is 80.9 cm³/mol. The molecule has 7 heteroatoms. The molecule has 2 aromatic carbocycles.